The van der Waals surface area contributed by atoms with Crippen LogP contribution < -0.4 is 16.0 Å². The van der Waals surface area contributed by atoms with E-state index in [1.165, 1.54) is 48.5 Å². The second-order valence-corrected chi connectivity index (χ2v) is 6.22. The number of alkyl halides is 2. The van der Waals surface area contributed by atoms with Crippen molar-refractivity contribution in [3.8, 4) is 0 Å². The third kappa shape index (κ3) is 5.69. The first-order valence-electron chi connectivity index (χ1n) is 8.91. The molecule has 3 aromatic rings. The number of hydrogen-bond donors (Lipinski definition) is 4. The number of H-pyrrole nitrogens is 1. The molecule has 0 fully saturated rings. The van der Waals surface area contributed by atoms with Gasteiger partial charge in [0, 0.05) is 16.9 Å². The molecule has 11 heteroatoms. The number of imidazole rings is 1. The van der Waals surface area contributed by atoms with Gasteiger partial charge >= 0.3 is 0 Å². The Morgan fingerprint density at radius 3 is 2.03 bits per heavy atom. The van der Waals surface area contributed by atoms with Crippen LogP contribution in [0.3, 0.4) is 0 Å². The predicted octanol–water partition coefficient (Wildman–Crippen LogP) is 3.05. The van der Waals surface area contributed by atoms with Gasteiger partial charge in [0.2, 0.25) is 0 Å². The summed E-state index contributed by atoms with van der Waals surface area (Å²) in [6.07, 6.45) is -1.63. The van der Waals surface area contributed by atoms with Crippen LogP contribution in [0, 0.1) is 5.82 Å². The molecule has 31 heavy (non-hydrogen) atoms. The lowest BCUT2D eigenvalue weighted by Crippen LogP contribution is -2.30. The number of hydrogen-bond acceptors (Lipinski definition) is 4. The van der Waals surface area contributed by atoms with Crippen LogP contribution in [0.15, 0.2) is 54.9 Å². The van der Waals surface area contributed by atoms with Crippen LogP contribution in [0.4, 0.5) is 24.5 Å². The minimum atomic E-state index is -2.73. The first-order chi connectivity index (χ1) is 14.8. The van der Waals surface area contributed by atoms with Crippen LogP contribution in [0.1, 0.15) is 31.3 Å². The van der Waals surface area contributed by atoms with Crippen molar-refractivity contribution in [2.24, 2.45) is 0 Å². The van der Waals surface area contributed by atoms with Crippen molar-refractivity contribution in [1.82, 2.24) is 15.3 Å². The van der Waals surface area contributed by atoms with Crippen LogP contribution >= 0.6 is 0 Å². The number of carbonyl (C=O) groups excluding carboxylic acids is 3. The Balaban J connectivity index is 1.62. The number of amides is 3. The van der Waals surface area contributed by atoms with Gasteiger partial charge in [-0.25, -0.2) is 18.2 Å². The molecule has 1 aromatic heterocycles. The van der Waals surface area contributed by atoms with E-state index in [9.17, 15) is 27.6 Å². The van der Waals surface area contributed by atoms with Crippen molar-refractivity contribution in [3.63, 3.8) is 0 Å². The number of anilines is 2. The minimum Gasteiger partial charge on any atom is -0.345 e. The topological polar surface area (TPSA) is 116 Å². The van der Waals surface area contributed by atoms with Gasteiger partial charge in [0.15, 0.2) is 5.69 Å². The molecular weight excluding hydrogens is 415 g/mol. The van der Waals surface area contributed by atoms with E-state index in [1.807, 2.05) is 5.32 Å². The normalized spacial score (nSPS) is 10.6. The summed E-state index contributed by atoms with van der Waals surface area (Å²) in [5.74, 6) is -2.51. The first kappa shape index (κ1) is 21.6. The third-order valence-electron chi connectivity index (χ3n) is 4.01. The second-order valence-electron chi connectivity index (χ2n) is 6.22. The van der Waals surface area contributed by atoms with Gasteiger partial charge in [0.1, 0.15) is 11.5 Å². The van der Waals surface area contributed by atoms with E-state index in [2.05, 4.69) is 20.6 Å². The number of carbonyl (C=O) groups is 3. The fourth-order valence-corrected chi connectivity index (χ4v) is 2.53. The van der Waals surface area contributed by atoms with Gasteiger partial charge in [0.25, 0.3) is 24.1 Å². The molecular formula is C20H16F3N5O3. The molecule has 2 aromatic carbocycles. The van der Waals surface area contributed by atoms with Gasteiger partial charge < -0.3 is 20.9 Å². The fraction of sp³-hybridized carbons (Fsp3) is 0.100. The van der Waals surface area contributed by atoms with E-state index < -0.39 is 36.5 Å². The summed E-state index contributed by atoms with van der Waals surface area (Å²) >= 11 is 0. The highest BCUT2D eigenvalue weighted by molar-refractivity contribution is 6.10. The van der Waals surface area contributed by atoms with E-state index in [4.69, 9.17) is 0 Å². The molecule has 0 aliphatic heterocycles. The Labute approximate surface area is 173 Å². The number of aromatic nitrogens is 2. The molecule has 0 saturated heterocycles. The summed E-state index contributed by atoms with van der Waals surface area (Å²) in [5.41, 5.74) is 0.530. The largest absolute Gasteiger partial charge is 0.345 e. The number of benzene rings is 2. The van der Waals surface area contributed by atoms with Crippen molar-refractivity contribution in [3.05, 3.63) is 77.6 Å². The van der Waals surface area contributed by atoms with Crippen molar-refractivity contribution >= 4 is 29.1 Å². The molecule has 4 N–H and O–H groups in total. The molecule has 3 amide bonds. The van der Waals surface area contributed by atoms with E-state index in [0.29, 0.717) is 11.4 Å². The third-order valence-corrected chi connectivity index (χ3v) is 4.01. The Morgan fingerprint density at radius 2 is 1.45 bits per heavy atom. The number of nitrogens with zero attached hydrogens (tertiary/aromatic N) is 1. The molecule has 1 heterocycles. The standard InChI is InChI=1S/C20H16F3N5O3/c21-12-3-1-11(2-4-12)18(29)27-13-5-7-14(8-6-13)28-20(31)17-16(25-10-26-17)19(30)24-9-15(22)23/h1-8,10,15H,9H2,(H,24,30)(H,25,26)(H,27,29)(H,28,31). The molecule has 0 aliphatic carbocycles. The molecule has 8 nitrogen and oxygen atoms in total. The second kappa shape index (κ2) is 9.57. The van der Waals surface area contributed by atoms with Gasteiger partial charge in [-0.3, -0.25) is 14.4 Å². The zero-order chi connectivity index (χ0) is 22.4. The van der Waals surface area contributed by atoms with E-state index in [1.54, 1.807) is 0 Å². The van der Waals surface area contributed by atoms with Gasteiger partial charge in [-0.05, 0) is 48.5 Å². The molecule has 0 atom stereocenters. The van der Waals surface area contributed by atoms with E-state index >= 15 is 0 Å². The lowest BCUT2D eigenvalue weighted by Gasteiger charge is -2.08. The van der Waals surface area contributed by atoms with Crippen molar-refractivity contribution in [1.29, 1.82) is 0 Å². The predicted molar refractivity (Wildman–Crippen MR) is 106 cm³/mol. The van der Waals surface area contributed by atoms with E-state index in [-0.39, 0.29) is 17.0 Å². The summed E-state index contributed by atoms with van der Waals surface area (Å²) in [6, 6.07) is 11.1. The lowest BCUT2D eigenvalue weighted by molar-refractivity contribution is 0.0880. The van der Waals surface area contributed by atoms with Crippen molar-refractivity contribution in [2.45, 2.75) is 6.43 Å². The highest BCUT2D eigenvalue weighted by atomic mass is 19.3. The lowest BCUT2D eigenvalue weighted by atomic mass is 10.2. The van der Waals surface area contributed by atoms with Crippen molar-refractivity contribution < 1.29 is 27.6 Å². The summed E-state index contributed by atoms with van der Waals surface area (Å²) in [7, 11) is 0. The Hall–Kier alpha value is -4.15. The molecule has 3 rings (SSSR count). The summed E-state index contributed by atoms with van der Waals surface area (Å²) in [4.78, 5) is 42.6. The zero-order valence-corrected chi connectivity index (χ0v) is 15.8. The van der Waals surface area contributed by atoms with Gasteiger partial charge in [0.05, 0.1) is 12.9 Å². The smallest absolute Gasteiger partial charge is 0.276 e. The van der Waals surface area contributed by atoms with Crippen molar-refractivity contribution in [2.75, 3.05) is 17.2 Å². The number of halogens is 3. The quantitative estimate of drug-likeness (QED) is 0.460. The summed E-state index contributed by atoms with van der Waals surface area (Å²) in [5, 5.41) is 7.13. The van der Waals surface area contributed by atoms with Crippen LogP contribution in [0.25, 0.3) is 0 Å². The number of nitrogens with one attached hydrogen (secondary N) is 4. The van der Waals surface area contributed by atoms with E-state index in [0.717, 1.165) is 6.33 Å². The Morgan fingerprint density at radius 1 is 0.871 bits per heavy atom. The molecule has 160 valence electrons. The molecule has 0 radical (unpaired) electrons. The van der Waals surface area contributed by atoms with Crippen LogP contribution in [-0.4, -0.2) is 40.7 Å². The van der Waals surface area contributed by atoms with Crippen LogP contribution in [0.5, 0.6) is 0 Å². The summed E-state index contributed by atoms with van der Waals surface area (Å²) < 4.78 is 37.4. The zero-order valence-electron chi connectivity index (χ0n) is 15.8. The maximum atomic E-state index is 12.9. The van der Waals surface area contributed by atoms with Gasteiger partial charge in [-0.15, -0.1) is 0 Å². The average molecular weight is 431 g/mol. The monoisotopic (exact) mass is 431 g/mol. The average Bonchev–Trinajstić information content (AvgIpc) is 3.24. The molecule has 0 bridgehead atoms. The number of aromatic amines is 1. The van der Waals surface area contributed by atoms with Gasteiger partial charge in [-0.2, -0.15) is 0 Å². The Kier molecular flexibility index (Phi) is 6.65. The maximum Gasteiger partial charge on any atom is 0.276 e. The first-order valence-corrected chi connectivity index (χ1v) is 8.91. The highest BCUT2D eigenvalue weighted by Crippen LogP contribution is 2.16. The highest BCUT2D eigenvalue weighted by Gasteiger charge is 2.21. The van der Waals surface area contributed by atoms with Crippen LogP contribution in [0.2, 0.25) is 0 Å². The molecule has 0 spiro atoms. The Bertz CT molecular complexity index is 1080. The molecule has 0 saturated carbocycles. The SMILES string of the molecule is O=C(Nc1ccc(NC(=O)c2nc[nH]c2C(=O)NCC(F)F)cc1)c1ccc(F)cc1. The fourth-order valence-electron chi connectivity index (χ4n) is 2.53. The molecule has 0 aliphatic rings. The number of rotatable bonds is 7. The minimum absolute atomic E-state index is 0.249. The van der Waals surface area contributed by atoms with Gasteiger partial charge in [-0.1, -0.05) is 0 Å². The molecule has 0 unspecified atom stereocenters. The van der Waals surface area contributed by atoms with Crippen LogP contribution in [-0.2, 0) is 0 Å². The summed E-state index contributed by atoms with van der Waals surface area (Å²) in [6.45, 7) is -0.857. The maximum absolute atomic E-state index is 12.9.